The molecule has 0 amide bonds. The summed E-state index contributed by atoms with van der Waals surface area (Å²) in [5, 5.41) is 15.3. The van der Waals surface area contributed by atoms with Gasteiger partial charge >= 0.3 is 6.18 Å². The van der Waals surface area contributed by atoms with Crippen molar-refractivity contribution in [3.63, 3.8) is 0 Å². The van der Waals surface area contributed by atoms with Gasteiger partial charge in [-0.15, -0.1) is 0 Å². The maximum absolute atomic E-state index is 12.0. The topological polar surface area (TPSA) is 69.0 Å². The molecule has 0 atom stereocenters. The first-order chi connectivity index (χ1) is 6.45. The monoisotopic (exact) mass is 205 g/mol. The molecule has 0 aromatic carbocycles. The molecule has 1 heterocycles. The summed E-state index contributed by atoms with van der Waals surface area (Å²) in [6, 6.07) is 1.78. The van der Waals surface area contributed by atoms with Crippen LogP contribution in [0.3, 0.4) is 0 Å². The minimum absolute atomic E-state index is 0.0699. The lowest BCUT2D eigenvalue weighted by Gasteiger charge is -2.06. The van der Waals surface area contributed by atoms with Crippen LogP contribution in [0.2, 0.25) is 0 Å². The summed E-state index contributed by atoms with van der Waals surface area (Å²) in [5.74, 6) is -0.411. The lowest BCUT2D eigenvalue weighted by molar-refractivity contribution is -0.141. The molecular formula is C7H6F3N3O. The van der Waals surface area contributed by atoms with E-state index < -0.39 is 17.7 Å². The second kappa shape index (κ2) is 3.62. The van der Waals surface area contributed by atoms with Gasteiger partial charge in [-0.1, -0.05) is 0 Å². The smallest absolute Gasteiger partial charge is 0.290 e. The molecule has 0 aliphatic rings. The molecule has 7 heteroatoms. The summed E-state index contributed by atoms with van der Waals surface area (Å²) in [6.45, 7) is 0. The molecule has 14 heavy (non-hydrogen) atoms. The Morgan fingerprint density at radius 1 is 1.43 bits per heavy atom. The van der Waals surface area contributed by atoms with Crippen molar-refractivity contribution in [3.8, 4) is 0 Å². The summed E-state index contributed by atoms with van der Waals surface area (Å²) in [4.78, 5) is 3.10. The van der Waals surface area contributed by atoms with Gasteiger partial charge in [-0.2, -0.15) is 13.2 Å². The summed E-state index contributed by atoms with van der Waals surface area (Å²) >= 11 is 0. The lowest BCUT2D eigenvalue weighted by Crippen LogP contribution is -2.19. The highest BCUT2D eigenvalue weighted by molar-refractivity contribution is 5.95. The first kappa shape index (κ1) is 10.5. The number of rotatable bonds is 1. The summed E-state index contributed by atoms with van der Waals surface area (Å²) in [7, 11) is 0. The van der Waals surface area contributed by atoms with Gasteiger partial charge in [0.25, 0.3) is 0 Å². The third kappa shape index (κ3) is 2.19. The van der Waals surface area contributed by atoms with E-state index in [4.69, 9.17) is 10.6 Å². The Bertz CT molecular complexity index is 333. The van der Waals surface area contributed by atoms with Crippen LogP contribution in [0.25, 0.3) is 0 Å². The maximum atomic E-state index is 12.0. The number of nitrogens with zero attached hydrogens (tertiary/aromatic N) is 1. The van der Waals surface area contributed by atoms with E-state index in [-0.39, 0.29) is 5.56 Å². The van der Waals surface area contributed by atoms with E-state index in [2.05, 4.69) is 4.98 Å². The quantitative estimate of drug-likeness (QED) is 0.368. The first-order valence-electron chi connectivity index (χ1n) is 3.47. The fourth-order valence-electron chi connectivity index (χ4n) is 0.774. The first-order valence-corrected chi connectivity index (χ1v) is 3.47. The lowest BCUT2D eigenvalue weighted by atomic mass is 10.2. The Hall–Kier alpha value is -1.63. The van der Waals surface area contributed by atoms with Gasteiger partial charge in [-0.05, 0) is 12.1 Å². The minimum atomic E-state index is -4.49. The van der Waals surface area contributed by atoms with Gasteiger partial charge in [0.15, 0.2) is 5.84 Å². The van der Waals surface area contributed by atoms with Crippen LogP contribution in [-0.2, 0) is 6.18 Å². The van der Waals surface area contributed by atoms with E-state index in [0.717, 1.165) is 18.3 Å². The number of alkyl halides is 3. The van der Waals surface area contributed by atoms with E-state index in [1.54, 1.807) is 0 Å². The molecular weight excluding hydrogens is 199 g/mol. The Balaban J connectivity index is 2.95. The molecule has 1 aromatic rings. The third-order valence-electron chi connectivity index (χ3n) is 1.45. The van der Waals surface area contributed by atoms with Gasteiger partial charge in [0.05, 0.1) is 0 Å². The Morgan fingerprint density at radius 3 is 2.43 bits per heavy atom. The van der Waals surface area contributed by atoms with Gasteiger partial charge in [0, 0.05) is 11.8 Å². The van der Waals surface area contributed by atoms with Gasteiger partial charge < -0.3 is 0 Å². The van der Waals surface area contributed by atoms with E-state index >= 15 is 0 Å². The van der Waals surface area contributed by atoms with E-state index in [9.17, 15) is 13.2 Å². The standard InChI is InChI=1S/C7H6F3N3O/c8-7(9,10)5-2-1-4(3-12-5)6(11)13-14/h1-3,14H,(H2,11,13). The van der Waals surface area contributed by atoms with Crippen molar-refractivity contribution < 1.29 is 18.4 Å². The van der Waals surface area contributed by atoms with Crippen molar-refractivity contribution in [2.24, 2.45) is 0 Å². The van der Waals surface area contributed by atoms with Crippen LogP contribution in [0, 0.1) is 5.41 Å². The number of nitrogens with one attached hydrogen (secondary N) is 2. The molecule has 3 N–H and O–H groups in total. The van der Waals surface area contributed by atoms with Crippen molar-refractivity contribution in [3.05, 3.63) is 29.6 Å². The number of aromatic nitrogens is 1. The molecule has 0 fully saturated rings. The van der Waals surface area contributed by atoms with Crippen molar-refractivity contribution in [1.82, 2.24) is 10.5 Å². The number of hydroxylamine groups is 1. The third-order valence-corrected chi connectivity index (χ3v) is 1.45. The van der Waals surface area contributed by atoms with E-state index in [1.165, 1.54) is 5.48 Å². The number of amidine groups is 1. The van der Waals surface area contributed by atoms with Gasteiger partial charge in [0.2, 0.25) is 0 Å². The number of hydrogen-bond donors (Lipinski definition) is 3. The zero-order valence-electron chi connectivity index (χ0n) is 6.76. The van der Waals surface area contributed by atoms with Crippen molar-refractivity contribution in [2.75, 3.05) is 0 Å². The second-order valence-corrected chi connectivity index (χ2v) is 2.42. The summed E-state index contributed by atoms with van der Waals surface area (Å²) in [5.41, 5.74) is 0.536. The Labute approximate surface area is 76.9 Å². The highest BCUT2D eigenvalue weighted by atomic mass is 19.4. The molecule has 0 unspecified atom stereocenters. The molecule has 1 aromatic heterocycles. The van der Waals surface area contributed by atoms with E-state index in [0.29, 0.717) is 0 Å². The summed E-state index contributed by atoms with van der Waals surface area (Å²) < 4.78 is 36.1. The number of hydrogen-bond acceptors (Lipinski definition) is 3. The Morgan fingerprint density at radius 2 is 2.07 bits per heavy atom. The molecule has 0 saturated heterocycles. The molecule has 0 saturated carbocycles. The number of pyridine rings is 1. The fraction of sp³-hybridized carbons (Fsp3) is 0.143. The van der Waals surface area contributed by atoms with Crippen molar-refractivity contribution in [1.29, 1.82) is 5.41 Å². The molecule has 4 nitrogen and oxygen atoms in total. The maximum Gasteiger partial charge on any atom is 0.433 e. The molecule has 0 spiro atoms. The van der Waals surface area contributed by atoms with Crippen LogP contribution in [0.15, 0.2) is 18.3 Å². The van der Waals surface area contributed by atoms with Crippen molar-refractivity contribution in [2.45, 2.75) is 6.18 Å². The van der Waals surface area contributed by atoms with Crippen molar-refractivity contribution >= 4 is 5.84 Å². The summed E-state index contributed by atoms with van der Waals surface area (Å²) in [6.07, 6.45) is -3.64. The largest absolute Gasteiger partial charge is 0.433 e. The highest BCUT2D eigenvalue weighted by Crippen LogP contribution is 2.27. The van der Waals surface area contributed by atoms with Crippen LogP contribution < -0.4 is 5.48 Å². The molecule has 0 bridgehead atoms. The SMILES string of the molecule is N=C(NO)c1ccc(C(F)(F)F)nc1. The zero-order valence-corrected chi connectivity index (χ0v) is 6.76. The molecule has 0 aliphatic carbocycles. The number of halogens is 3. The molecule has 76 valence electrons. The molecule has 1 rings (SSSR count). The average Bonchev–Trinajstić information content (AvgIpc) is 2.15. The predicted octanol–water partition coefficient (Wildman–Crippen LogP) is 1.40. The van der Waals surface area contributed by atoms with Crippen LogP contribution in [0.5, 0.6) is 0 Å². The normalized spacial score (nSPS) is 11.1. The van der Waals surface area contributed by atoms with E-state index in [1.807, 2.05) is 0 Å². The van der Waals surface area contributed by atoms with Crippen LogP contribution in [0.1, 0.15) is 11.3 Å². The second-order valence-electron chi connectivity index (χ2n) is 2.42. The average molecular weight is 205 g/mol. The predicted molar refractivity (Wildman–Crippen MR) is 41.0 cm³/mol. The van der Waals surface area contributed by atoms with Gasteiger partial charge in [-0.25, -0.2) is 0 Å². The Kier molecular flexibility index (Phi) is 2.70. The zero-order chi connectivity index (χ0) is 10.8. The van der Waals surface area contributed by atoms with Crippen LogP contribution in [0.4, 0.5) is 13.2 Å². The minimum Gasteiger partial charge on any atom is -0.290 e. The molecule has 0 aliphatic heterocycles. The van der Waals surface area contributed by atoms with Crippen LogP contribution in [-0.4, -0.2) is 16.0 Å². The van der Waals surface area contributed by atoms with Gasteiger partial charge in [0.1, 0.15) is 5.69 Å². The highest BCUT2D eigenvalue weighted by Gasteiger charge is 2.32. The molecule has 0 radical (unpaired) electrons. The fourth-order valence-corrected chi connectivity index (χ4v) is 0.774. The van der Waals surface area contributed by atoms with Gasteiger partial charge in [-0.3, -0.25) is 21.1 Å². The van der Waals surface area contributed by atoms with Crippen LogP contribution >= 0.6 is 0 Å².